The summed E-state index contributed by atoms with van der Waals surface area (Å²) < 4.78 is 7.07. The average molecular weight is 562 g/mol. The normalized spacial score (nSPS) is 16.9. The SMILES string of the molecule is B/C(=C(/B)C(C)(C)CC(C)(C)C)C(C(CC(=O)O)C(=O)O)C(C)(C)C(C)(C)C(C)(C)OC(C)(C)C(C)(C)C(C)C. The van der Waals surface area contributed by atoms with E-state index in [9.17, 15) is 19.8 Å². The van der Waals surface area contributed by atoms with Crippen LogP contribution >= 0.6 is 0 Å². The van der Waals surface area contributed by atoms with E-state index in [2.05, 4.69) is 126 Å². The number of allylic oxidation sites excluding steroid dienone is 2. The molecule has 0 aromatic rings. The summed E-state index contributed by atoms with van der Waals surface area (Å²) in [5.41, 5.74) is -0.503. The summed E-state index contributed by atoms with van der Waals surface area (Å²) in [6.45, 7) is 37.0. The molecule has 0 aromatic heterocycles. The average Bonchev–Trinajstić information content (AvgIpc) is 2.68. The molecule has 0 aliphatic rings. The van der Waals surface area contributed by atoms with Gasteiger partial charge in [0, 0.05) is 0 Å². The third kappa shape index (κ3) is 8.19. The summed E-state index contributed by atoms with van der Waals surface area (Å²) in [7, 11) is 4.13. The zero-order valence-electron chi connectivity index (χ0n) is 29.8. The molecule has 0 aliphatic heterocycles. The van der Waals surface area contributed by atoms with Gasteiger partial charge in [-0.2, -0.15) is 0 Å². The van der Waals surface area contributed by atoms with Gasteiger partial charge in [0.05, 0.1) is 23.5 Å². The first-order valence-electron chi connectivity index (χ1n) is 15.1. The Hall–Kier alpha value is -1.23. The molecule has 0 saturated carbocycles. The minimum atomic E-state index is -1.10. The highest BCUT2D eigenvalue weighted by molar-refractivity contribution is 6.32. The van der Waals surface area contributed by atoms with Crippen LogP contribution in [0.1, 0.15) is 131 Å². The van der Waals surface area contributed by atoms with E-state index in [1.807, 2.05) is 7.85 Å². The van der Waals surface area contributed by atoms with Crippen LogP contribution in [0.3, 0.4) is 0 Å². The van der Waals surface area contributed by atoms with Crippen molar-refractivity contribution in [2.45, 2.75) is 142 Å². The van der Waals surface area contributed by atoms with Crippen LogP contribution in [-0.2, 0) is 14.3 Å². The fourth-order valence-corrected chi connectivity index (χ4v) is 6.86. The highest BCUT2D eigenvalue weighted by Crippen LogP contribution is 2.58. The van der Waals surface area contributed by atoms with E-state index in [4.69, 9.17) is 4.74 Å². The maximum absolute atomic E-state index is 12.8. The Labute approximate surface area is 249 Å². The summed E-state index contributed by atoms with van der Waals surface area (Å²) in [4.78, 5) is 24.9. The van der Waals surface area contributed by atoms with E-state index in [-0.39, 0.29) is 16.2 Å². The standard InChI is InChI=1S/C33H64B2O5/c1-20(2)29(8,9)32(14,15)40-33(16,17)31(12,13)30(10,11)23(21(26(38)39)18-22(36)37)24(34)25(35)28(6,7)19-27(3,4)5/h20-21,23H,18-19,34-35H2,1-17H3,(H,36,37)(H,38,39)/b25-24+. The molecule has 0 aromatic carbocycles. The molecule has 2 unspecified atom stereocenters. The van der Waals surface area contributed by atoms with Crippen molar-refractivity contribution in [2.24, 2.45) is 44.8 Å². The largest absolute Gasteiger partial charge is 0.481 e. The van der Waals surface area contributed by atoms with Crippen LogP contribution in [0.15, 0.2) is 10.9 Å². The van der Waals surface area contributed by atoms with E-state index < -0.39 is 52.2 Å². The Balaban J connectivity index is 7.36. The maximum Gasteiger partial charge on any atom is 0.307 e. The minimum Gasteiger partial charge on any atom is -0.481 e. The van der Waals surface area contributed by atoms with Gasteiger partial charge in [0.1, 0.15) is 15.7 Å². The Morgan fingerprint density at radius 3 is 1.48 bits per heavy atom. The second kappa shape index (κ2) is 12.2. The van der Waals surface area contributed by atoms with Gasteiger partial charge in [0.25, 0.3) is 0 Å². The molecule has 7 heteroatoms. The molecule has 40 heavy (non-hydrogen) atoms. The monoisotopic (exact) mass is 562 g/mol. The topological polar surface area (TPSA) is 83.8 Å². The molecule has 0 amide bonds. The zero-order chi connectivity index (χ0) is 32.7. The molecule has 5 nitrogen and oxygen atoms in total. The van der Waals surface area contributed by atoms with Crippen LogP contribution in [-0.4, -0.2) is 49.0 Å². The number of aliphatic carboxylic acids is 2. The van der Waals surface area contributed by atoms with E-state index in [1.165, 1.54) is 0 Å². The van der Waals surface area contributed by atoms with Gasteiger partial charge < -0.3 is 14.9 Å². The first-order chi connectivity index (χ1) is 17.3. The number of carbonyl (C=O) groups is 2. The van der Waals surface area contributed by atoms with Gasteiger partial charge in [-0.25, -0.2) is 0 Å². The van der Waals surface area contributed by atoms with E-state index in [0.717, 1.165) is 17.4 Å². The number of hydrogen-bond acceptors (Lipinski definition) is 3. The fourth-order valence-electron chi connectivity index (χ4n) is 6.86. The second-order valence-corrected chi connectivity index (χ2v) is 17.3. The smallest absolute Gasteiger partial charge is 0.307 e. The maximum atomic E-state index is 12.8. The highest BCUT2D eigenvalue weighted by Gasteiger charge is 2.58. The molecule has 2 N–H and O–H groups in total. The third-order valence-corrected chi connectivity index (χ3v) is 11.6. The number of ether oxygens (including phenoxy) is 1. The van der Waals surface area contributed by atoms with E-state index >= 15 is 0 Å². The van der Waals surface area contributed by atoms with Crippen molar-refractivity contribution in [3.8, 4) is 0 Å². The molecule has 232 valence electrons. The molecular formula is C33H64B2O5. The minimum absolute atomic E-state index is 0.0766. The van der Waals surface area contributed by atoms with Crippen LogP contribution in [0.25, 0.3) is 0 Å². The molecule has 0 fully saturated rings. The molecule has 0 aliphatic carbocycles. The summed E-state index contributed by atoms with van der Waals surface area (Å²) in [6, 6.07) is 0. The number of carboxylic acids is 2. The van der Waals surface area contributed by atoms with Crippen LogP contribution in [0.4, 0.5) is 0 Å². The van der Waals surface area contributed by atoms with Crippen LogP contribution < -0.4 is 0 Å². The summed E-state index contributed by atoms with van der Waals surface area (Å²) >= 11 is 0. The summed E-state index contributed by atoms with van der Waals surface area (Å²) in [5.74, 6) is -3.40. The van der Waals surface area contributed by atoms with Crippen LogP contribution in [0.2, 0.25) is 0 Å². The van der Waals surface area contributed by atoms with Crippen LogP contribution in [0, 0.1) is 44.8 Å². The third-order valence-electron chi connectivity index (χ3n) is 11.6. The van der Waals surface area contributed by atoms with Gasteiger partial charge in [-0.1, -0.05) is 90.0 Å². The Bertz CT molecular complexity index is 946. The van der Waals surface area contributed by atoms with Crippen molar-refractivity contribution < 1.29 is 24.5 Å². The van der Waals surface area contributed by atoms with Gasteiger partial charge in [-0.05, 0) is 73.0 Å². The molecule has 0 saturated heterocycles. The quantitative estimate of drug-likeness (QED) is 0.222. The van der Waals surface area contributed by atoms with Gasteiger partial charge in [0.15, 0.2) is 0 Å². The lowest BCUT2D eigenvalue weighted by molar-refractivity contribution is -0.246. The predicted molar refractivity (Wildman–Crippen MR) is 174 cm³/mol. The number of rotatable bonds is 14. The van der Waals surface area contributed by atoms with Gasteiger partial charge in [-0.15, -0.1) is 10.9 Å². The van der Waals surface area contributed by atoms with Crippen LogP contribution in [0.5, 0.6) is 0 Å². The summed E-state index contributed by atoms with van der Waals surface area (Å²) in [5, 5.41) is 20.3. The molecule has 0 bridgehead atoms. The van der Waals surface area contributed by atoms with E-state index in [1.54, 1.807) is 0 Å². The van der Waals surface area contributed by atoms with Crippen molar-refractivity contribution in [1.82, 2.24) is 0 Å². The van der Waals surface area contributed by atoms with Gasteiger partial charge in [-0.3, -0.25) is 9.59 Å². The Morgan fingerprint density at radius 2 is 1.15 bits per heavy atom. The lowest BCUT2D eigenvalue weighted by Gasteiger charge is -2.60. The zero-order valence-corrected chi connectivity index (χ0v) is 29.8. The highest BCUT2D eigenvalue weighted by atomic mass is 16.5. The predicted octanol–water partition coefficient (Wildman–Crippen LogP) is 7.03. The van der Waals surface area contributed by atoms with Crippen molar-refractivity contribution >= 4 is 27.6 Å². The first kappa shape index (κ1) is 38.8. The second-order valence-electron chi connectivity index (χ2n) is 17.3. The molecule has 0 spiro atoms. The lowest BCUT2D eigenvalue weighted by Crippen LogP contribution is -2.60. The lowest BCUT2D eigenvalue weighted by atomic mass is 9.47. The van der Waals surface area contributed by atoms with Crippen molar-refractivity contribution in [2.75, 3.05) is 0 Å². The molecule has 2 atom stereocenters. The Kier molecular flexibility index (Phi) is 11.8. The number of hydrogen-bond donors (Lipinski definition) is 2. The van der Waals surface area contributed by atoms with Crippen molar-refractivity contribution in [1.29, 1.82) is 0 Å². The van der Waals surface area contributed by atoms with Gasteiger partial charge >= 0.3 is 11.9 Å². The molecular weight excluding hydrogens is 498 g/mol. The fraction of sp³-hybridized carbons (Fsp3) is 0.879. The van der Waals surface area contributed by atoms with Gasteiger partial charge in [0.2, 0.25) is 0 Å². The van der Waals surface area contributed by atoms with E-state index in [0.29, 0.717) is 5.92 Å². The molecule has 0 rings (SSSR count). The Morgan fingerprint density at radius 1 is 0.725 bits per heavy atom. The molecule has 0 heterocycles. The first-order valence-corrected chi connectivity index (χ1v) is 15.1. The van der Waals surface area contributed by atoms with Crippen molar-refractivity contribution in [3.05, 3.63) is 10.9 Å². The summed E-state index contributed by atoms with van der Waals surface area (Å²) in [6.07, 6.45) is 0.487. The number of carboxylic acid groups (broad SMARTS) is 2. The van der Waals surface area contributed by atoms with Crippen molar-refractivity contribution in [3.63, 3.8) is 0 Å². The molecule has 0 radical (unpaired) electrons.